The van der Waals surface area contributed by atoms with Gasteiger partial charge in [-0.25, -0.2) is 4.98 Å². The Hall–Kier alpha value is -6.71. The Labute approximate surface area is 375 Å². The second-order valence-electron chi connectivity index (χ2n) is 16.6. The molecule has 2 aromatic heterocycles. The van der Waals surface area contributed by atoms with E-state index >= 15 is 0 Å². The Morgan fingerprint density at radius 3 is 2.39 bits per heavy atom. The van der Waals surface area contributed by atoms with Gasteiger partial charge < -0.3 is 20.9 Å². The molecule has 0 radical (unpaired) electrons. The van der Waals surface area contributed by atoms with E-state index in [1.54, 1.807) is 29.5 Å². The number of nitrogens with one attached hydrogen (secondary N) is 4. The van der Waals surface area contributed by atoms with Gasteiger partial charge in [0.05, 0.1) is 38.9 Å². The number of rotatable bonds is 17. The molecule has 5 heterocycles. The molecule has 5 amide bonds. The molecule has 2 saturated heterocycles. The number of fused-ring (bicyclic) bond motifs is 3. The number of anilines is 4. The summed E-state index contributed by atoms with van der Waals surface area (Å²) in [4.78, 5) is 78.0. The van der Waals surface area contributed by atoms with Gasteiger partial charge in [-0.3, -0.25) is 44.1 Å². The molecule has 4 N–H and O–H groups in total. The maximum absolute atomic E-state index is 13.3. The number of thiazole rings is 1. The summed E-state index contributed by atoms with van der Waals surface area (Å²) in [6.45, 7) is 5.04. The average Bonchev–Trinajstić information content (AvgIpc) is 3.88. The lowest BCUT2D eigenvalue weighted by molar-refractivity contribution is -0.136. The Kier molecular flexibility index (Phi) is 12.9. The number of carbonyl (C=O) groups excluding carboxylic acids is 5. The smallest absolute Gasteiger partial charge is 0.264 e. The topological polar surface area (TPSA) is 169 Å². The zero-order valence-electron chi connectivity index (χ0n) is 35.6. The lowest BCUT2D eigenvalue weighted by Gasteiger charge is -2.36. The van der Waals surface area contributed by atoms with Crippen LogP contribution in [0.15, 0.2) is 96.6 Å². The van der Waals surface area contributed by atoms with Gasteiger partial charge in [-0.05, 0) is 91.1 Å². The third-order valence-corrected chi connectivity index (χ3v) is 13.2. The summed E-state index contributed by atoms with van der Waals surface area (Å²) in [5.74, 6) is -1.96. The fourth-order valence-corrected chi connectivity index (χ4v) is 9.56. The van der Waals surface area contributed by atoms with Crippen LogP contribution in [0.2, 0.25) is 0 Å². The van der Waals surface area contributed by atoms with Crippen molar-refractivity contribution in [2.75, 3.05) is 61.3 Å². The highest BCUT2D eigenvalue weighted by Crippen LogP contribution is 2.34. The largest absolute Gasteiger partial charge is 0.384 e. The van der Waals surface area contributed by atoms with E-state index in [9.17, 15) is 24.0 Å². The van der Waals surface area contributed by atoms with Gasteiger partial charge in [0, 0.05) is 80.0 Å². The predicted octanol–water partition coefficient (Wildman–Crippen LogP) is 7.35. The Morgan fingerprint density at radius 2 is 1.55 bits per heavy atom. The standard InChI is InChI=1S/C49H51N9O5S/c59-44-18-16-42(47(61)55-44)58-48(62)36-11-8-12-40(46(36)49(58)63)50-20-5-3-1-2-4-6-21-52-45(60)30-56-23-25-57(26-24-56)35-10-7-9-32(27-35)33-13-15-38-37(28-33)39(19-22-51-38)54-34-14-17-43-41(29-34)53-31-64-43/h7-15,17,19,22,27-29,31,42,50H,1-6,16,18,20-21,23-26,30H2,(H,51,54)(H,52,60)(H,55,59,61). The molecule has 64 heavy (non-hydrogen) atoms. The number of benzene rings is 4. The number of carbonyl (C=O) groups is 5. The maximum atomic E-state index is 13.3. The van der Waals surface area contributed by atoms with Crippen LogP contribution in [-0.2, 0) is 14.4 Å². The molecule has 0 saturated carbocycles. The summed E-state index contributed by atoms with van der Waals surface area (Å²) < 4.78 is 1.16. The fourth-order valence-electron chi connectivity index (χ4n) is 8.90. The van der Waals surface area contributed by atoms with E-state index < -0.39 is 29.7 Å². The van der Waals surface area contributed by atoms with Gasteiger partial charge in [0.1, 0.15) is 6.04 Å². The van der Waals surface area contributed by atoms with Crippen molar-refractivity contribution in [3.63, 3.8) is 0 Å². The number of pyridine rings is 1. The van der Waals surface area contributed by atoms with Crippen molar-refractivity contribution in [2.45, 2.75) is 57.4 Å². The SMILES string of the molecule is O=C(CN1CCN(c2cccc(-c3ccc4nccc(Nc5ccc6scnc6c5)c4c3)c2)CC1)NCCCCCCCCNc1cccc2c1C(=O)N(C1CCC(=O)NC1=O)C2=O. The zero-order chi connectivity index (χ0) is 44.0. The number of hydrogen-bond acceptors (Lipinski definition) is 12. The predicted molar refractivity (Wildman–Crippen MR) is 251 cm³/mol. The third-order valence-electron chi connectivity index (χ3n) is 12.3. The summed E-state index contributed by atoms with van der Waals surface area (Å²) in [6.07, 6.45) is 8.03. The highest BCUT2D eigenvalue weighted by atomic mass is 32.1. The maximum Gasteiger partial charge on any atom is 0.264 e. The van der Waals surface area contributed by atoms with Crippen LogP contribution in [0.1, 0.15) is 72.1 Å². The number of aromatic nitrogens is 2. The fraction of sp³-hybridized carbons (Fsp3) is 0.327. The highest BCUT2D eigenvalue weighted by Gasteiger charge is 2.45. The van der Waals surface area contributed by atoms with Gasteiger partial charge in [0.15, 0.2) is 0 Å². The summed E-state index contributed by atoms with van der Waals surface area (Å²) in [5.41, 5.74) is 10.3. The van der Waals surface area contributed by atoms with E-state index in [2.05, 4.69) is 102 Å². The van der Waals surface area contributed by atoms with Crippen molar-refractivity contribution in [3.05, 3.63) is 108 Å². The first-order valence-electron chi connectivity index (χ1n) is 22.2. The second-order valence-corrected chi connectivity index (χ2v) is 17.5. The quantitative estimate of drug-likeness (QED) is 0.0534. The van der Waals surface area contributed by atoms with Crippen molar-refractivity contribution in [1.82, 2.24) is 30.4 Å². The van der Waals surface area contributed by atoms with Crippen molar-refractivity contribution >= 4 is 84.7 Å². The van der Waals surface area contributed by atoms with Crippen molar-refractivity contribution < 1.29 is 24.0 Å². The second kappa shape index (κ2) is 19.4. The van der Waals surface area contributed by atoms with Crippen LogP contribution in [0.3, 0.4) is 0 Å². The third kappa shape index (κ3) is 9.45. The number of imide groups is 2. The molecule has 15 heteroatoms. The molecule has 1 atom stereocenters. The van der Waals surface area contributed by atoms with Gasteiger partial charge >= 0.3 is 0 Å². The minimum Gasteiger partial charge on any atom is -0.384 e. The van der Waals surface area contributed by atoms with Crippen LogP contribution in [0.4, 0.5) is 22.7 Å². The lowest BCUT2D eigenvalue weighted by atomic mass is 10.0. The molecule has 3 aliphatic heterocycles. The van der Waals surface area contributed by atoms with Crippen LogP contribution >= 0.6 is 11.3 Å². The number of hydrogen-bond donors (Lipinski definition) is 4. The lowest BCUT2D eigenvalue weighted by Crippen LogP contribution is -2.54. The van der Waals surface area contributed by atoms with Gasteiger partial charge in [0.2, 0.25) is 17.7 Å². The van der Waals surface area contributed by atoms with E-state index in [-0.39, 0.29) is 29.9 Å². The Bertz CT molecular complexity index is 2730. The van der Waals surface area contributed by atoms with Crippen molar-refractivity contribution in [2.24, 2.45) is 0 Å². The molecule has 4 aromatic carbocycles. The van der Waals surface area contributed by atoms with Crippen LogP contribution in [0.25, 0.3) is 32.2 Å². The minimum atomic E-state index is -0.984. The van der Waals surface area contributed by atoms with Gasteiger partial charge in [-0.15, -0.1) is 11.3 Å². The number of piperidine rings is 1. The molecular weight excluding hydrogens is 827 g/mol. The van der Waals surface area contributed by atoms with Crippen LogP contribution in [-0.4, -0.2) is 101 Å². The molecule has 0 spiro atoms. The van der Waals surface area contributed by atoms with Gasteiger partial charge in [-0.1, -0.05) is 49.9 Å². The Balaban J connectivity index is 0.664. The van der Waals surface area contributed by atoms with E-state index in [0.29, 0.717) is 25.3 Å². The molecule has 0 aliphatic carbocycles. The van der Waals surface area contributed by atoms with E-state index in [0.717, 1.165) is 113 Å². The van der Waals surface area contributed by atoms with Gasteiger partial charge in [-0.2, -0.15) is 0 Å². The molecule has 14 nitrogen and oxygen atoms in total. The number of amides is 5. The zero-order valence-corrected chi connectivity index (χ0v) is 36.4. The van der Waals surface area contributed by atoms with Gasteiger partial charge in [0.25, 0.3) is 11.8 Å². The van der Waals surface area contributed by atoms with Crippen LogP contribution < -0.4 is 26.2 Å². The summed E-state index contributed by atoms with van der Waals surface area (Å²) in [6, 6.07) is 27.5. The van der Waals surface area contributed by atoms with Crippen LogP contribution in [0, 0.1) is 0 Å². The van der Waals surface area contributed by atoms with Crippen molar-refractivity contribution in [1.29, 1.82) is 0 Å². The average molecular weight is 878 g/mol. The Morgan fingerprint density at radius 1 is 0.750 bits per heavy atom. The summed E-state index contributed by atoms with van der Waals surface area (Å²) in [5, 5.41) is 13.3. The van der Waals surface area contributed by atoms with E-state index in [4.69, 9.17) is 0 Å². The molecule has 2 fully saturated rings. The normalized spacial score (nSPS) is 16.7. The molecule has 1 unspecified atom stereocenters. The number of unbranched alkanes of at least 4 members (excludes halogenated alkanes) is 5. The molecule has 3 aliphatic rings. The first-order valence-corrected chi connectivity index (χ1v) is 23.1. The molecule has 6 aromatic rings. The van der Waals surface area contributed by atoms with E-state index in [1.165, 1.54) is 5.69 Å². The van der Waals surface area contributed by atoms with Crippen molar-refractivity contribution in [3.8, 4) is 11.1 Å². The highest BCUT2D eigenvalue weighted by molar-refractivity contribution is 7.16. The van der Waals surface area contributed by atoms with Crippen LogP contribution in [0.5, 0.6) is 0 Å². The number of piperazine rings is 1. The molecule has 9 rings (SSSR count). The van der Waals surface area contributed by atoms with E-state index in [1.807, 2.05) is 17.8 Å². The first-order chi connectivity index (χ1) is 31.3. The molecule has 0 bridgehead atoms. The summed E-state index contributed by atoms with van der Waals surface area (Å²) in [7, 11) is 0. The number of nitrogens with zero attached hydrogens (tertiary/aromatic N) is 5. The molecule has 328 valence electrons. The molecular formula is C49H51N9O5S. The minimum absolute atomic E-state index is 0.0673. The monoisotopic (exact) mass is 877 g/mol. The first kappa shape index (κ1) is 42.6. The summed E-state index contributed by atoms with van der Waals surface area (Å²) >= 11 is 1.64.